The third-order valence-electron chi connectivity index (χ3n) is 1.92. The Kier molecular flexibility index (Phi) is 4.63. The van der Waals surface area contributed by atoms with Gasteiger partial charge in [0.25, 0.3) is 0 Å². The number of ether oxygens (including phenoxy) is 1. The number of benzene rings is 1. The van der Waals surface area contributed by atoms with Crippen LogP contribution in [0.1, 0.15) is 12.8 Å². The van der Waals surface area contributed by atoms with Gasteiger partial charge in [-0.25, -0.2) is 4.79 Å². The second-order valence-electron chi connectivity index (χ2n) is 3.16. The van der Waals surface area contributed by atoms with Crippen molar-refractivity contribution in [3.8, 4) is 5.75 Å². The van der Waals surface area contributed by atoms with Crippen molar-refractivity contribution in [2.24, 2.45) is 0 Å². The molecule has 0 spiro atoms. The summed E-state index contributed by atoms with van der Waals surface area (Å²) >= 11 is 0. The summed E-state index contributed by atoms with van der Waals surface area (Å²) < 4.78 is 5.33. The van der Waals surface area contributed by atoms with Crippen LogP contribution < -0.4 is 4.74 Å². The van der Waals surface area contributed by atoms with Crippen LogP contribution in [-0.4, -0.2) is 28.9 Å². The Hall–Kier alpha value is -1.55. The molecule has 1 unspecified atom stereocenters. The third kappa shape index (κ3) is 4.46. The fourth-order valence-electron chi connectivity index (χ4n) is 1.11. The average molecular weight is 210 g/mol. The van der Waals surface area contributed by atoms with Crippen molar-refractivity contribution < 1.29 is 19.7 Å². The summed E-state index contributed by atoms with van der Waals surface area (Å²) in [6.07, 6.45) is -0.561. The summed E-state index contributed by atoms with van der Waals surface area (Å²) in [6, 6.07) is 9.27. The van der Waals surface area contributed by atoms with E-state index in [1.165, 1.54) is 0 Å². The number of aliphatic carboxylic acids is 1. The molecule has 15 heavy (non-hydrogen) atoms. The summed E-state index contributed by atoms with van der Waals surface area (Å²) in [6.45, 7) is 0.411. The maximum Gasteiger partial charge on any atom is 0.332 e. The molecule has 4 nitrogen and oxygen atoms in total. The molecule has 0 saturated heterocycles. The monoisotopic (exact) mass is 210 g/mol. The van der Waals surface area contributed by atoms with Crippen LogP contribution in [0.5, 0.6) is 5.75 Å². The Morgan fingerprint density at radius 1 is 1.33 bits per heavy atom. The second kappa shape index (κ2) is 6.03. The highest BCUT2D eigenvalue weighted by molar-refractivity contribution is 5.71. The molecule has 0 aliphatic rings. The summed E-state index contributed by atoms with van der Waals surface area (Å²) in [5, 5.41) is 17.4. The van der Waals surface area contributed by atoms with Gasteiger partial charge in [-0.2, -0.15) is 0 Å². The Balaban J connectivity index is 2.15. The number of aliphatic hydroxyl groups excluding tert-OH is 1. The molecule has 0 aromatic heterocycles. The predicted octanol–water partition coefficient (Wildman–Crippen LogP) is 1.29. The topological polar surface area (TPSA) is 66.8 Å². The van der Waals surface area contributed by atoms with Crippen LogP contribution in [0.2, 0.25) is 0 Å². The Morgan fingerprint density at radius 3 is 2.60 bits per heavy atom. The fourth-order valence-corrected chi connectivity index (χ4v) is 1.11. The van der Waals surface area contributed by atoms with Crippen molar-refractivity contribution in [1.82, 2.24) is 0 Å². The SMILES string of the molecule is O=C(O)C(O)CCCOc1ccccc1. The van der Waals surface area contributed by atoms with Gasteiger partial charge in [0.05, 0.1) is 6.61 Å². The smallest absolute Gasteiger partial charge is 0.332 e. The van der Waals surface area contributed by atoms with E-state index in [2.05, 4.69) is 0 Å². The third-order valence-corrected chi connectivity index (χ3v) is 1.92. The lowest BCUT2D eigenvalue weighted by Gasteiger charge is -2.07. The van der Waals surface area contributed by atoms with Crippen LogP contribution in [-0.2, 0) is 4.79 Å². The first-order chi connectivity index (χ1) is 7.20. The van der Waals surface area contributed by atoms with Gasteiger partial charge >= 0.3 is 5.97 Å². The minimum Gasteiger partial charge on any atom is -0.494 e. The number of carboxylic acid groups (broad SMARTS) is 1. The molecule has 0 aliphatic carbocycles. The molecule has 0 fully saturated rings. The molecule has 82 valence electrons. The standard InChI is InChI=1S/C11H14O4/c12-10(11(13)14)7-4-8-15-9-5-2-1-3-6-9/h1-3,5-6,10,12H,4,7-8H2,(H,13,14). The van der Waals surface area contributed by atoms with Gasteiger partial charge in [0.1, 0.15) is 5.75 Å². The lowest BCUT2D eigenvalue weighted by molar-refractivity contribution is -0.147. The molecule has 2 N–H and O–H groups in total. The van der Waals surface area contributed by atoms with Crippen molar-refractivity contribution in [3.05, 3.63) is 30.3 Å². The molecular formula is C11H14O4. The van der Waals surface area contributed by atoms with Gasteiger partial charge in [-0.05, 0) is 25.0 Å². The number of rotatable bonds is 6. The van der Waals surface area contributed by atoms with Crippen molar-refractivity contribution in [2.75, 3.05) is 6.61 Å². The predicted molar refractivity (Wildman–Crippen MR) is 54.8 cm³/mol. The molecule has 4 heteroatoms. The summed E-state index contributed by atoms with van der Waals surface area (Å²) in [7, 11) is 0. The van der Waals surface area contributed by atoms with Crippen LogP contribution in [0.25, 0.3) is 0 Å². The zero-order valence-electron chi connectivity index (χ0n) is 8.30. The summed E-state index contributed by atoms with van der Waals surface area (Å²) in [5.74, 6) is -0.433. The van der Waals surface area contributed by atoms with Gasteiger partial charge in [0, 0.05) is 0 Å². The normalized spacial score (nSPS) is 12.1. The van der Waals surface area contributed by atoms with Crippen LogP contribution in [0.4, 0.5) is 0 Å². The Bertz CT molecular complexity index is 297. The van der Waals surface area contributed by atoms with Crippen molar-refractivity contribution in [3.63, 3.8) is 0 Å². The number of hydrogen-bond acceptors (Lipinski definition) is 3. The Morgan fingerprint density at radius 2 is 2.00 bits per heavy atom. The van der Waals surface area contributed by atoms with Crippen LogP contribution in [0, 0.1) is 0 Å². The van der Waals surface area contributed by atoms with E-state index in [4.69, 9.17) is 14.9 Å². The molecule has 1 aromatic rings. The molecular weight excluding hydrogens is 196 g/mol. The van der Waals surface area contributed by atoms with Gasteiger partial charge in [0.15, 0.2) is 6.10 Å². The van der Waals surface area contributed by atoms with E-state index in [9.17, 15) is 4.79 Å². The van der Waals surface area contributed by atoms with Gasteiger partial charge < -0.3 is 14.9 Å². The number of carboxylic acids is 1. The molecule has 0 amide bonds. The van der Waals surface area contributed by atoms with Crippen molar-refractivity contribution in [2.45, 2.75) is 18.9 Å². The summed E-state index contributed by atoms with van der Waals surface area (Å²) in [5.41, 5.74) is 0. The Labute approximate surface area is 88.1 Å². The van der Waals surface area contributed by atoms with Crippen LogP contribution >= 0.6 is 0 Å². The first kappa shape index (κ1) is 11.5. The van der Waals surface area contributed by atoms with Gasteiger partial charge in [-0.1, -0.05) is 18.2 Å². The van der Waals surface area contributed by atoms with Crippen molar-refractivity contribution >= 4 is 5.97 Å². The quantitative estimate of drug-likeness (QED) is 0.694. The minimum atomic E-state index is -1.29. The van der Waals surface area contributed by atoms with Gasteiger partial charge in [0.2, 0.25) is 0 Å². The number of aliphatic hydroxyl groups is 1. The molecule has 0 radical (unpaired) electrons. The van der Waals surface area contributed by atoms with Gasteiger partial charge in [-0.15, -0.1) is 0 Å². The molecule has 1 aromatic carbocycles. The minimum absolute atomic E-state index is 0.210. The van der Waals surface area contributed by atoms with Gasteiger partial charge in [-0.3, -0.25) is 0 Å². The zero-order chi connectivity index (χ0) is 11.1. The largest absolute Gasteiger partial charge is 0.494 e. The molecule has 0 heterocycles. The second-order valence-corrected chi connectivity index (χ2v) is 3.16. The molecule has 1 rings (SSSR count). The number of para-hydroxylation sites is 1. The van der Waals surface area contributed by atoms with E-state index < -0.39 is 12.1 Å². The first-order valence-electron chi connectivity index (χ1n) is 4.79. The average Bonchev–Trinajstić information content (AvgIpc) is 2.25. The lowest BCUT2D eigenvalue weighted by Crippen LogP contribution is -2.19. The molecule has 0 bridgehead atoms. The summed E-state index contributed by atoms with van der Waals surface area (Å²) in [4.78, 5) is 10.3. The van der Waals surface area contributed by atoms with E-state index in [0.29, 0.717) is 13.0 Å². The van der Waals surface area contributed by atoms with E-state index >= 15 is 0 Å². The number of carbonyl (C=O) groups is 1. The number of hydrogen-bond donors (Lipinski definition) is 2. The maximum absolute atomic E-state index is 10.3. The molecule has 1 atom stereocenters. The highest BCUT2D eigenvalue weighted by atomic mass is 16.5. The highest BCUT2D eigenvalue weighted by Gasteiger charge is 2.11. The molecule has 0 aliphatic heterocycles. The van der Waals surface area contributed by atoms with E-state index in [1.54, 1.807) is 0 Å². The molecule has 0 saturated carbocycles. The van der Waals surface area contributed by atoms with E-state index in [-0.39, 0.29) is 6.42 Å². The van der Waals surface area contributed by atoms with Crippen LogP contribution in [0.3, 0.4) is 0 Å². The fraction of sp³-hybridized carbons (Fsp3) is 0.364. The lowest BCUT2D eigenvalue weighted by atomic mass is 10.2. The van der Waals surface area contributed by atoms with E-state index in [1.807, 2.05) is 30.3 Å². The van der Waals surface area contributed by atoms with Crippen LogP contribution in [0.15, 0.2) is 30.3 Å². The zero-order valence-corrected chi connectivity index (χ0v) is 8.30. The first-order valence-corrected chi connectivity index (χ1v) is 4.79. The highest BCUT2D eigenvalue weighted by Crippen LogP contribution is 2.09. The maximum atomic E-state index is 10.3. The van der Waals surface area contributed by atoms with E-state index in [0.717, 1.165) is 5.75 Å². The van der Waals surface area contributed by atoms with Crippen molar-refractivity contribution in [1.29, 1.82) is 0 Å².